The van der Waals surface area contributed by atoms with Crippen molar-refractivity contribution < 1.29 is 9.53 Å². The summed E-state index contributed by atoms with van der Waals surface area (Å²) in [6, 6.07) is 0. The molecule has 1 rings (SSSR count). The highest BCUT2D eigenvalue weighted by atomic mass is 16.5. The van der Waals surface area contributed by atoms with Crippen LogP contribution in [0, 0.1) is 0 Å². The Morgan fingerprint density at radius 1 is 1.70 bits per heavy atom. The highest BCUT2D eigenvalue weighted by Gasteiger charge is 2.18. The van der Waals surface area contributed by atoms with E-state index in [0.717, 1.165) is 25.7 Å². The molecule has 0 N–H and O–H groups in total. The van der Waals surface area contributed by atoms with Crippen LogP contribution in [-0.2, 0) is 9.53 Å². The lowest BCUT2D eigenvalue weighted by Crippen LogP contribution is -2.22. The number of carbonyl (C=O) groups is 1. The van der Waals surface area contributed by atoms with E-state index in [1.54, 1.807) is 0 Å². The molecular formula is C8H14O2. The second-order valence-electron chi connectivity index (χ2n) is 2.79. The number of carbonyl (C=O) groups excluding carboxylic acids is 1. The van der Waals surface area contributed by atoms with Crippen LogP contribution >= 0.6 is 0 Å². The quantitative estimate of drug-likeness (QED) is 0.550. The maximum absolute atomic E-state index is 10.7. The molecule has 0 amide bonds. The summed E-state index contributed by atoms with van der Waals surface area (Å²) < 4.78 is 5.09. The van der Waals surface area contributed by atoms with Gasteiger partial charge >= 0.3 is 5.97 Å². The van der Waals surface area contributed by atoms with Crippen molar-refractivity contribution in [3.63, 3.8) is 0 Å². The van der Waals surface area contributed by atoms with Crippen LogP contribution in [0.2, 0.25) is 0 Å². The Morgan fingerprint density at radius 3 is 3.10 bits per heavy atom. The standard InChI is InChI=1S/C8H14O2/c1-2-4-7-5-3-6-8(9)10-7/h7H,2-6H2,1H3/t7-/m0/s1. The molecule has 2 nitrogen and oxygen atoms in total. The lowest BCUT2D eigenvalue weighted by Gasteiger charge is -2.21. The molecule has 0 radical (unpaired) electrons. The minimum atomic E-state index is -0.00954. The van der Waals surface area contributed by atoms with Gasteiger partial charge in [0.1, 0.15) is 6.10 Å². The second-order valence-corrected chi connectivity index (χ2v) is 2.79. The molecule has 1 aliphatic rings. The van der Waals surface area contributed by atoms with Gasteiger partial charge in [0, 0.05) is 6.42 Å². The highest BCUT2D eigenvalue weighted by Crippen LogP contribution is 2.17. The fourth-order valence-electron chi connectivity index (χ4n) is 1.30. The van der Waals surface area contributed by atoms with Gasteiger partial charge in [-0.25, -0.2) is 0 Å². The van der Waals surface area contributed by atoms with E-state index in [2.05, 4.69) is 6.92 Å². The molecule has 1 saturated heterocycles. The van der Waals surface area contributed by atoms with Crippen molar-refractivity contribution in [3.05, 3.63) is 0 Å². The SMILES string of the molecule is CCC[C@H]1CCCC(=O)O1. The van der Waals surface area contributed by atoms with Crippen molar-refractivity contribution in [2.45, 2.75) is 45.1 Å². The zero-order valence-corrected chi connectivity index (χ0v) is 6.43. The van der Waals surface area contributed by atoms with E-state index in [-0.39, 0.29) is 12.1 Å². The summed E-state index contributed by atoms with van der Waals surface area (Å²) in [5.74, 6) is -0.00954. The summed E-state index contributed by atoms with van der Waals surface area (Å²) in [6.45, 7) is 2.11. The van der Waals surface area contributed by atoms with E-state index >= 15 is 0 Å². The second kappa shape index (κ2) is 3.59. The van der Waals surface area contributed by atoms with Crippen LogP contribution < -0.4 is 0 Å². The third-order valence-electron chi connectivity index (χ3n) is 1.82. The first kappa shape index (κ1) is 7.58. The Labute approximate surface area is 61.6 Å². The van der Waals surface area contributed by atoms with E-state index in [1.165, 1.54) is 0 Å². The molecule has 0 aromatic heterocycles. The van der Waals surface area contributed by atoms with Crippen LogP contribution in [0.15, 0.2) is 0 Å². The van der Waals surface area contributed by atoms with Crippen molar-refractivity contribution in [1.82, 2.24) is 0 Å². The molecule has 0 aromatic carbocycles. The first-order valence-electron chi connectivity index (χ1n) is 4.02. The van der Waals surface area contributed by atoms with Gasteiger partial charge in [0.25, 0.3) is 0 Å². The summed E-state index contributed by atoms with van der Waals surface area (Å²) in [6.07, 6.45) is 5.08. The molecule has 0 unspecified atom stereocenters. The summed E-state index contributed by atoms with van der Waals surface area (Å²) in [7, 11) is 0. The van der Waals surface area contributed by atoms with E-state index in [0.29, 0.717) is 6.42 Å². The Bertz CT molecular complexity index is 118. The molecule has 0 bridgehead atoms. The Kier molecular flexibility index (Phi) is 2.72. The van der Waals surface area contributed by atoms with Gasteiger partial charge in [-0.2, -0.15) is 0 Å². The molecule has 0 aromatic rings. The maximum atomic E-state index is 10.7. The lowest BCUT2D eigenvalue weighted by atomic mass is 10.1. The van der Waals surface area contributed by atoms with E-state index in [4.69, 9.17) is 4.74 Å². The molecule has 0 aliphatic carbocycles. The van der Waals surface area contributed by atoms with Gasteiger partial charge in [0.05, 0.1) is 0 Å². The number of rotatable bonds is 2. The monoisotopic (exact) mass is 142 g/mol. The van der Waals surface area contributed by atoms with Gasteiger partial charge in [-0.1, -0.05) is 13.3 Å². The fourth-order valence-corrected chi connectivity index (χ4v) is 1.30. The van der Waals surface area contributed by atoms with Gasteiger partial charge in [0.2, 0.25) is 0 Å². The molecule has 1 atom stereocenters. The number of esters is 1. The molecule has 58 valence electrons. The topological polar surface area (TPSA) is 26.3 Å². The van der Waals surface area contributed by atoms with E-state index < -0.39 is 0 Å². The number of cyclic esters (lactones) is 1. The minimum absolute atomic E-state index is 0.00954. The summed E-state index contributed by atoms with van der Waals surface area (Å²) in [5.41, 5.74) is 0. The smallest absolute Gasteiger partial charge is 0.306 e. The van der Waals surface area contributed by atoms with Crippen LogP contribution in [0.5, 0.6) is 0 Å². The van der Waals surface area contributed by atoms with Crippen LogP contribution in [-0.4, -0.2) is 12.1 Å². The summed E-state index contributed by atoms with van der Waals surface area (Å²) in [4.78, 5) is 10.7. The van der Waals surface area contributed by atoms with Gasteiger partial charge in [-0.05, 0) is 19.3 Å². The predicted octanol–water partition coefficient (Wildman–Crippen LogP) is 1.88. The molecule has 0 spiro atoms. The van der Waals surface area contributed by atoms with Gasteiger partial charge < -0.3 is 4.74 Å². The molecular weight excluding hydrogens is 128 g/mol. The van der Waals surface area contributed by atoms with Crippen LogP contribution in [0.1, 0.15) is 39.0 Å². The third kappa shape index (κ3) is 2.01. The van der Waals surface area contributed by atoms with Gasteiger partial charge in [0.15, 0.2) is 0 Å². The molecule has 1 heterocycles. The Hall–Kier alpha value is -0.530. The maximum Gasteiger partial charge on any atom is 0.306 e. The first-order valence-corrected chi connectivity index (χ1v) is 4.02. The average molecular weight is 142 g/mol. The number of hydrogen-bond donors (Lipinski definition) is 0. The van der Waals surface area contributed by atoms with Crippen molar-refractivity contribution in [3.8, 4) is 0 Å². The van der Waals surface area contributed by atoms with E-state index in [1.807, 2.05) is 0 Å². The molecule has 1 aliphatic heterocycles. The summed E-state index contributed by atoms with van der Waals surface area (Å²) in [5, 5.41) is 0. The molecule has 1 fully saturated rings. The molecule has 0 saturated carbocycles. The van der Waals surface area contributed by atoms with Crippen LogP contribution in [0.25, 0.3) is 0 Å². The van der Waals surface area contributed by atoms with Crippen molar-refractivity contribution in [2.75, 3.05) is 0 Å². The first-order chi connectivity index (χ1) is 4.83. The van der Waals surface area contributed by atoms with Crippen molar-refractivity contribution in [1.29, 1.82) is 0 Å². The molecule has 10 heavy (non-hydrogen) atoms. The zero-order chi connectivity index (χ0) is 7.40. The van der Waals surface area contributed by atoms with E-state index in [9.17, 15) is 4.79 Å². The van der Waals surface area contributed by atoms with Crippen LogP contribution in [0.4, 0.5) is 0 Å². The fraction of sp³-hybridized carbons (Fsp3) is 0.875. The van der Waals surface area contributed by atoms with Gasteiger partial charge in [-0.15, -0.1) is 0 Å². The van der Waals surface area contributed by atoms with Crippen molar-refractivity contribution >= 4 is 5.97 Å². The highest BCUT2D eigenvalue weighted by molar-refractivity contribution is 5.70. The van der Waals surface area contributed by atoms with Gasteiger partial charge in [-0.3, -0.25) is 4.79 Å². The minimum Gasteiger partial charge on any atom is -0.462 e. The zero-order valence-electron chi connectivity index (χ0n) is 6.43. The number of ether oxygens (including phenoxy) is 1. The lowest BCUT2D eigenvalue weighted by molar-refractivity contribution is -0.153. The average Bonchev–Trinajstić information content (AvgIpc) is 1.88. The number of hydrogen-bond acceptors (Lipinski definition) is 2. The van der Waals surface area contributed by atoms with Crippen LogP contribution in [0.3, 0.4) is 0 Å². The Balaban J connectivity index is 2.25. The molecule has 2 heteroatoms. The Morgan fingerprint density at radius 2 is 2.50 bits per heavy atom. The normalized spacial score (nSPS) is 26.1. The third-order valence-corrected chi connectivity index (χ3v) is 1.82. The predicted molar refractivity (Wildman–Crippen MR) is 38.6 cm³/mol. The summed E-state index contributed by atoms with van der Waals surface area (Å²) >= 11 is 0. The van der Waals surface area contributed by atoms with Crippen molar-refractivity contribution in [2.24, 2.45) is 0 Å². The largest absolute Gasteiger partial charge is 0.462 e.